The van der Waals surface area contributed by atoms with E-state index in [4.69, 9.17) is 9.97 Å². The van der Waals surface area contributed by atoms with E-state index in [1.165, 1.54) is 6.07 Å². The number of aryl methyl sites for hydroxylation is 1. The van der Waals surface area contributed by atoms with Gasteiger partial charge < -0.3 is 9.80 Å². The van der Waals surface area contributed by atoms with Crippen LogP contribution in [-0.4, -0.2) is 47.0 Å². The zero-order valence-corrected chi connectivity index (χ0v) is 18.8. The number of carbonyl (C=O) groups is 1. The van der Waals surface area contributed by atoms with Crippen LogP contribution in [0.25, 0.3) is 0 Å². The normalized spacial score (nSPS) is 14.7. The van der Waals surface area contributed by atoms with Crippen molar-refractivity contribution in [2.24, 2.45) is 11.8 Å². The summed E-state index contributed by atoms with van der Waals surface area (Å²) in [6, 6.07) is 6.88. The Hall–Kier alpha value is -2.50. The highest BCUT2D eigenvalue weighted by Gasteiger charge is 2.26. The molecule has 2 aromatic rings. The number of carbonyl (C=O) groups excluding carboxylic acids is 1. The molecule has 1 aliphatic rings. The molecule has 0 N–H and O–H groups in total. The van der Waals surface area contributed by atoms with Crippen LogP contribution < -0.4 is 4.90 Å². The van der Waals surface area contributed by atoms with Crippen molar-refractivity contribution in [2.45, 2.75) is 47.5 Å². The number of piperazine rings is 1. The van der Waals surface area contributed by atoms with Gasteiger partial charge in [0.2, 0.25) is 5.91 Å². The van der Waals surface area contributed by atoms with Crippen molar-refractivity contribution in [2.75, 3.05) is 31.1 Å². The Labute approximate surface area is 179 Å². The Morgan fingerprint density at radius 2 is 1.73 bits per heavy atom. The van der Waals surface area contributed by atoms with Crippen LogP contribution in [0.4, 0.5) is 10.2 Å². The van der Waals surface area contributed by atoms with Crippen molar-refractivity contribution < 1.29 is 9.18 Å². The number of halogens is 1. The summed E-state index contributed by atoms with van der Waals surface area (Å²) in [7, 11) is 0. The fourth-order valence-corrected chi connectivity index (χ4v) is 3.90. The van der Waals surface area contributed by atoms with Gasteiger partial charge in [-0.1, -0.05) is 45.9 Å². The fourth-order valence-electron chi connectivity index (χ4n) is 3.90. The van der Waals surface area contributed by atoms with Crippen molar-refractivity contribution in [1.29, 1.82) is 0 Å². The number of aromatic nitrogens is 2. The zero-order valence-electron chi connectivity index (χ0n) is 18.8. The molecule has 30 heavy (non-hydrogen) atoms. The van der Waals surface area contributed by atoms with Gasteiger partial charge in [0.05, 0.1) is 0 Å². The number of benzene rings is 1. The second kappa shape index (κ2) is 9.54. The predicted molar refractivity (Wildman–Crippen MR) is 118 cm³/mol. The lowest BCUT2D eigenvalue weighted by molar-refractivity contribution is -0.134. The number of anilines is 1. The lowest BCUT2D eigenvalue weighted by Crippen LogP contribution is -2.50. The molecule has 0 saturated carbocycles. The topological polar surface area (TPSA) is 49.3 Å². The molecule has 1 saturated heterocycles. The maximum absolute atomic E-state index is 14.3. The van der Waals surface area contributed by atoms with E-state index in [1.54, 1.807) is 6.07 Å². The molecule has 1 aliphatic heterocycles. The number of rotatable bonds is 6. The van der Waals surface area contributed by atoms with Gasteiger partial charge in [0.15, 0.2) is 0 Å². The monoisotopic (exact) mass is 412 g/mol. The van der Waals surface area contributed by atoms with E-state index in [0.29, 0.717) is 31.0 Å². The van der Waals surface area contributed by atoms with E-state index >= 15 is 0 Å². The molecule has 0 unspecified atom stereocenters. The third-order valence-electron chi connectivity index (χ3n) is 5.54. The lowest BCUT2D eigenvalue weighted by atomic mass is 10.0. The third kappa shape index (κ3) is 5.15. The molecule has 1 amide bonds. The summed E-state index contributed by atoms with van der Waals surface area (Å²) in [5.41, 5.74) is 2.52. The second-order valence-corrected chi connectivity index (χ2v) is 8.86. The Morgan fingerprint density at radius 1 is 1.07 bits per heavy atom. The highest BCUT2D eigenvalue weighted by Crippen LogP contribution is 2.27. The maximum atomic E-state index is 14.3. The van der Waals surface area contributed by atoms with Crippen LogP contribution >= 0.6 is 0 Å². The van der Waals surface area contributed by atoms with Crippen molar-refractivity contribution in [1.82, 2.24) is 14.9 Å². The van der Waals surface area contributed by atoms with Crippen molar-refractivity contribution in [3.8, 4) is 0 Å². The van der Waals surface area contributed by atoms with Crippen LogP contribution in [0.1, 0.15) is 50.3 Å². The molecule has 2 heterocycles. The summed E-state index contributed by atoms with van der Waals surface area (Å²) in [6.45, 7) is 13.0. The Bertz CT molecular complexity index is 889. The second-order valence-electron chi connectivity index (χ2n) is 8.86. The van der Waals surface area contributed by atoms with Crippen molar-refractivity contribution >= 4 is 11.7 Å². The lowest BCUT2D eigenvalue weighted by Gasteiger charge is -2.37. The van der Waals surface area contributed by atoms with Gasteiger partial charge in [0.1, 0.15) is 17.5 Å². The number of nitrogens with zero attached hydrogens (tertiary/aromatic N) is 4. The average Bonchev–Trinajstić information content (AvgIpc) is 2.70. The summed E-state index contributed by atoms with van der Waals surface area (Å²) in [6.07, 6.45) is 1.26. The standard InChI is InChI=1S/C24H33FN4O/c1-16(2)14-22-26-18(5)20(15-19-8-6-7-9-21(19)25)23(27-22)28-10-12-29(13-11-28)24(30)17(3)4/h6-9,16-17H,10-15H2,1-5H3. The van der Waals surface area contributed by atoms with Crippen LogP contribution in [0.3, 0.4) is 0 Å². The smallest absolute Gasteiger partial charge is 0.225 e. The minimum Gasteiger partial charge on any atom is -0.353 e. The molecule has 0 atom stereocenters. The molecule has 0 bridgehead atoms. The summed E-state index contributed by atoms with van der Waals surface area (Å²) >= 11 is 0. The van der Waals surface area contributed by atoms with Crippen LogP contribution in [0, 0.1) is 24.6 Å². The molecule has 0 spiro atoms. The van der Waals surface area contributed by atoms with Gasteiger partial charge in [-0.2, -0.15) is 0 Å². The SMILES string of the molecule is Cc1nc(CC(C)C)nc(N2CCN(C(=O)C(C)C)CC2)c1Cc1ccccc1F. The van der Waals surface area contributed by atoms with Gasteiger partial charge >= 0.3 is 0 Å². The van der Waals surface area contributed by atoms with E-state index in [1.807, 2.05) is 37.8 Å². The first-order valence-corrected chi connectivity index (χ1v) is 10.9. The minimum absolute atomic E-state index is 0.00658. The molecular weight excluding hydrogens is 379 g/mol. The van der Waals surface area contributed by atoms with E-state index in [9.17, 15) is 9.18 Å². The molecule has 3 rings (SSSR count). The van der Waals surface area contributed by atoms with E-state index in [2.05, 4.69) is 18.7 Å². The summed E-state index contributed by atoms with van der Waals surface area (Å²) < 4.78 is 14.3. The summed E-state index contributed by atoms with van der Waals surface area (Å²) in [5.74, 6) is 2.16. The van der Waals surface area contributed by atoms with Crippen LogP contribution in [0.15, 0.2) is 24.3 Å². The molecule has 5 nitrogen and oxygen atoms in total. The third-order valence-corrected chi connectivity index (χ3v) is 5.54. The first-order valence-electron chi connectivity index (χ1n) is 10.9. The van der Waals surface area contributed by atoms with Gasteiger partial charge in [-0.3, -0.25) is 4.79 Å². The maximum Gasteiger partial charge on any atom is 0.225 e. The van der Waals surface area contributed by atoms with Crippen molar-refractivity contribution in [3.05, 3.63) is 52.7 Å². The Balaban J connectivity index is 1.91. The van der Waals surface area contributed by atoms with Crippen molar-refractivity contribution in [3.63, 3.8) is 0 Å². The Kier molecular flexibility index (Phi) is 7.06. The fraction of sp³-hybridized carbons (Fsp3) is 0.542. The zero-order chi connectivity index (χ0) is 21.8. The minimum atomic E-state index is -0.207. The molecular formula is C24H33FN4O. The number of hydrogen-bond acceptors (Lipinski definition) is 4. The number of hydrogen-bond donors (Lipinski definition) is 0. The first kappa shape index (κ1) is 22.2. The molecule has 162 valence electrons. The summed E-state index contributed by atoms with van der Waals surface area (Å²) in [4.78, 5) is 26.2. The average molecular weight is 413 g/mol. The van der Waals surface area contributed by atoms with Gasteiger partial charge in [-0.25, -0.2) is 14.4 Å². The van der Waals surface area contributed by atoms with Gasteiger partial charge in [0, 0.05) is 56.2 Å². The quantitative estimate of drug-likeness (QED) is 0.719. The molecule has 6 heteroatoms. The summed E-state index contributed by atoms with van der Waals surface area (Å²) in [5, 5.41) is 0. The number of amides is 1. The Morgan fingerprint density at radius 3 is 2.33 bits per heavy atom. The molecule has 1 aromatic heterocycles. The molecule has 1 aromatic carbocycles. The highest BCUT2D eigenvalue weighted by molar-refractivity contribution is 5.78. The van der Waals surface area contributed by atoms with Crippen LogP contribution in [0.2, 0.25) is 0 Å². The first-order chi connectivity index (χ1) is 14.3. The predicted octanol–water partition coefficient (Wildman–Crippen LogP) is 4.02. The highest BCUT2D eigenvalue weighted by atomic mass is 19.1. The largest absolute Gasteiger partial charge is 0.353 e. The van der Waals surface area contributed by atoms with E-state index < -0.39 is 0 Å². The van der Waals surface area contributed by atoms with Gasteiger partial charge in [-0.15, -0.1) is 0 Å². The molecule has 0 radical (unpaired) electrons. The molecule has 0 aliphatic carbocycles. The van der Waals surface area contributed by atoms with Crippen LogP contribution in [0.5, 0.6) is 0 Å². The molecule has 1 fully saturated rings. The van der Waals surface area contributed by atoms with E-state index in [-0.39, 0.29) is 17.6 Å². The van der Waals surface area contributed by atoms with Gasteiger partial charge in [0.25, 0.3) is 0 Å². The van der Waals surface area contributed by atoms with Gasteiger partial charge in [-0.05, 0) is 24.5 Å². The van der Waals surface area contributed by atoms with E-state index in [0.717, 1.165) is 42.4 Å². The van der Waals surface area contributed by atoms with Crippen LogP contribution in [-0.2, 0) is 17.6 Å².